The molecule has 1 aromatic heterocycles. The maximum atomic E-state index is 6.30. The van der Waals surface area contributed by atoms with Crippen LogP contribution in [0.5, 0.6) is 11.5 Å². The summed E-state index contributed by atoms with van der Waals surface area (Å²) < 4.78 is 10.5. The zero-order chi connectivity index (χ0) is 17.1. The molecule has 0 bridgehead atoms. The number of ether oxygens (including phenoxy) is 2. The van der Waals surface area contributed by atoms with Gasteiger partial charge in [0.1, 0.15) is 5.82 Å². The quantitative estimate of drug-likeness (QED) is 0.742. The Labute approximate surface area is 144 Å². The van der Waals surface area contributed by atoms with E-state index in [0.29, 0.717) is 28.2 Å². The minimum atomic E-state index is -0.460. The molecular weight excluding hydrogens is 328 g/mol. The Kier molecular flexibility index (Phi) is 4.69. The van der Waals surface area contributed by atoms with Crippen molar-refractivity contribution in [3.8, 4) is 22.9 Å². The zero-order valence-corrected chi connectivity index (χ0v) is 14.0. The molecule has 6 nitrogen and oxygen atoms in total. The fourth-order valence-electron chi connectivity index (χ4n) is 2.35. The van der Waals surface area contributed by atoms with E-state index in [9.17, 15) is 0 Å². The molecule has 1 atom stereocenters. The summed E-state index contributed by atoms with van der Waals surface area (Å²) in [5, 5.41) is 7.78. The van der Waals surface area contributed by atoms with Crippen LogP contribution >= 0.6 is 11.6 Å². The SMILES string of the molecule is COc1ccc([C@@H](N)c2nc(-c3ccc(Cl)cc3)n[nH]2)cc1OC. The molecule has 3 rings (SSSR count). The summed E-state index contributed by atoms with van der Waals surface area (Å²) in [7, 11) is 3.17. The second-order valence-corrected chi connectivity index (χ2v) is 5.58. The molecule has 1 heterocycles. The van der Waals surface area contributed by atoms with Gasteiger partial charge in [0.2, 0.25) is 0 Å². The van der Waals surface area contributed by atoms with Crippen LogP contribution in [0.15, 0.2) is 42.5 Å². The standard InChI is InChI=1S/C17H17ClN4O2/c1-23-13-8-5-11(9-14(13)24-2)15(19)17-20-16(21-22-17)10-3-6-12(18)7-4-10/h3-9,15H,19H2,1-2H3,(H,20,21,22)/t15-/m1/s1. The Morgan fingerprint density at radius 3 is 2.42 bits per heavy atom. The first-order valence-corrected chi connectivity index (χ1v) is 7.66. The number of H-pyrrole nitrogens is 1. The van der Waals surface area contributed by atoms with Crippen LogP contribution < -0.4 is 15.2 Å². The van der Waals surface area contributed by atoms with Crippen LogP contribution in [-0.2, 0) is 0 Å². The first kappa shape index (κ1) is 16.3. The molecule has 3 aromatic rings. The number of rotatable bonds is 5. The molecule has 0 aliphatic heterocycles. The summed E-state index contributed by atoms with van der Waals surface area (Å²) in [5.41, 5.74) is 8.00. The second-order valence-electron chi connectivity index (χ2n) is 5.14. The Morgan fingerprint density at radius 2 is 1.75 bits per heavy atom. The van der Waals surface area contributed by atoms with Crippen molar-refractivity contribution in [2.75, 3.05) is 14.2 Å². The fourth-order valence-corrected chi connectivity index (χ4v) is 2.47. The fraction of sp³-hybridized carbons (Fsp3) is 0.176. The third-order valence-electron chi connectivity index (χ3n) is 3.67. The van der Waals surface area contributed by atoms with Crippen LogP contribution in [0, 0.1) is 0 Å². The van der Waals surface area contributed by atoms with Crippen molar-refractivity contribution in [3.05, 3.63) is 58.9 Å². The van der Waals surface area contributed by atoms with Gasteiger partial charge in [0.25, 0.3) is 0 Å². The number of methoxy groups -OCH3 is 2. The maximum absolute atomic E-state index is 6.30. The molecular formula is C17H17ClN4O2. The predicted octanol–water partition coefficient (Wildman–Crippen LogP) is 3.19. The molecule has 0 radical (unpaired) electrons. The molecule has 0 unspecified atom stereocenters. The van der Waals surface area contributed by atoms with Gasteiger partial charge in [-0.05, 0) is 42.0 Å². The molecule has 2 aromatic carbocycles. The highest BCUT2D eigenvalue weighted by molar-refractivity contribution is 6.30. The summed E-state index contributed by atoms with van der Waals surface area (Å²) in [4.78, 5) is 4.48. The number of nitrogens with zero attached hydrogens (tertiary/aromatic N) is 2. The van der Waals surface area contributed by atoms with E-state index in [-0.39, 0.29) is 0 Å². The average molecular weight is 345 g/mol. The van der Waals surface area contributed by atoms with Crippen LogP contribution in [0.25, 0.3) is 11.4 Å². The van der Waals surface area contributed by atoms with Gasteiger partial charge >= 0.3 is 0 Å². The number of benzene rings is 2. The molecule has 0 saturated heterocycles. The van der Waals surface area contributed by atoms with Crippen molar-refractivity contribution < 1.29 is 9.47 Å². The van der Waals surface area contributed by atoms with Crippen LogP contribution in [0.1, 0.15) is 17.4 Å². The summed E-state index contributed by atoms with van der Waals surface area (Å²) in [6, 6.07) is 12.4. The highest BCUT2D eigenvalue weighted by Gasteiger charge is 2.17. The maximum Gasteiger partial charge on any atom is 0.181 e. The molecule has 0 saturated carbocycles. The topological polar surface area (TPSA) is 86.0 Å². The van der Waals surface area contributed by atoms with E-state index in [4.69, 9.17) is 26.8 Å². The van der Waals surface area contributed by atoms with Crippen LogP contribution in [0.4, 0.5) is 0 Å². The highest BCUT2D eigenvalue weighted by Crippen LogP contribution is 2.31. The number of aromatic nitrogens is 3. The van der Waals surface area contributed by atoms with Crippen LogP contribution in [0.2, 0.25) is 5.02 Å². The number of hydrogen-bond donors (Lipinski definition) is 2. The van der Waals surface area contributed by atoms with Crippen LogP contribution in [-0.4, -0.2) is 29.4 Å². The predicted molar refractivity (Wildman–Crippen MR) is 92.4 cm³/mol. The number of halogens is 1. The minimum Gasteiger partial charge on any atom is -0.493 e. The minimum absolute atomic E-state index is 0.460. The summed E-state index contributed by atoms with van der Waals surface area (Å²) in [5.74, 6) is 2.39. The van der Waals surface area contributed by atoms with Gasteiger partial charge in [-0.2, -0.15) is 5.10 Å². The number of nitrogens with two attached hydrogens (primary N) is 1. The van der Waals surface area contributed by atoms with E-state index in [0.717, 1.165) is 11.1 Å². The van der Waals surface area contributed by atoms with E-state index in [2.05, 4.69) is 15.2 Å². The van der Waals surface area contributed by atoms with Crippen molar-refractivity contribution in [2.45, 2.75) is 6.04 Å². The third kappa shape index (κ3) is 3.20. The number of nitrogens with one attached hydrogen (secondary N) is 1. The van der Waals surface area contributed by atoms with E-state index in [1.165, 1.54) is 0 Å². The molecule has 124 valence electrons. The molecule has 0 spiro atoms. The normalized spacial score (nSPS) is 12.0. The Bertz CT molecular complexity index is 833. The second kappa shape index (κ2) is 6.90. The van der Waals surface area contributed by atoms with Gasteiger partial charge in [-0.3, -0.25) is 5.10 Å². The van der Waals surface area contributed by atoms with Gasteiger partial charge in [-0.25, -0.2) is 4.98 Å². The summed E-state index contributed by atoms with van der Waals surface area (Å²) in [6.07, 6.45) is 0. The Morgan fingerprint density at radius 1 is 1.04 bits per heavy atom. The monoisotopic (exact) mass is 344 g/mol. The van der Waals surface area contributed by atoms with Crippen molar-refractivity contribution in [1.82, 2.24) is 15.2 Å². The highest BCUT2D eigenvalue weighted by atomic mass is 35.5. The first-order valence-electron chi connectivity index (χ1n) is 7.28. The third-order valence-corrected chi connectivity index (χ3v) is 3.92. The van der Waals surface area contributed by atoms with Crippen molar-refractivity contribution in [2.24, 2.45) is 5.73 Å². The van der Waals surface area contributed by atoms with Crippen molar-refractivity contribution in [1.29, 1.82) is 0 Å². The van der Waals surface area contributed by atoms with Crippen molar-refractivity contribution in [3.63, 3.8) is 0 Å². The largest absolute Gasteiger partial charge is 0.493 e. The van der Waals surface area contributed by atoms with E-state index >= 15 is 0 Å². The van der Waals surface area contributed by atoms with Gasteiger partial charge < -0.3 is 15.2 Å². The van der Waals surface area contributed by atoms with Gasteiger partial charge in [0, 0.05) is 10.6 Å². The molecule has 0 amide bonds. The smallest absolute Gasteiger partial charge is 0.181 e. The zero-order valence-electron chi connectivity index (χ0n) is 13.3. The first-order chi connectivity index (χ1) is 11.6. The van der Waals surface area contributed by atoms with E-state index in [1.54, 1.807) is 26.4 Å². The average Bonchev–Trinajstić information content (AvgIpc) is 3.11. The molecule has 0 aliphatic carbocycles. The molecule has 3 N–H and O–H groups in total. The van der Waals surface area contributed by atoms with E-state index in [1.807, 2.05) is 30.3 Å². The lowest BCUT2D eigenvalue weighted by Crippen LogP contribution is -2.14. The van der Waals surface area contributed by atoms with Crippen LogP contribution in [0.3, 0.4) is 0 Å². The van der Waals surface area contributed by atoms with Gasteiger partial charge in [-0.1, -0.05) is 17.7 Å². The lowest BCUT2D eigenvalue weighted by atomic mass is 10.1. The summed E-state index contributed by atoms with van der Waals surface area (Å²) >= 11 is 5.90. The number of hydrogen-bond acceptors (Lipinski definition) is 5. The van der Waals surface area contributed by atoms with Gasteiger partial charge in [-0.15, -0.1) is 0 Å². The van der Waals surface area contributed by atoms with Gasteiger partial charge in [0.05, 0.1) is 20.3 Å². The Hall–Kier alpha value is -2.57. The summed E-state index contributed by atoms with van der Waals surface area (Å²) in [6.45, 7) is 0. The van der Waals surface area contributed by atoms with Gasteiger partial charge in [0.15, 0.2) is 17.3 Å². The lowest BCUT2D eigenvalue weighted by Gasteiger charge is -2.13. The molecule has 0 aliphatic rings. The van der Waals surface area contributed by atoms with Crippen molar-refractivity contribution >= 4 is 11.6 Å². The number of aromatic amines is 1. The Balaban J connectivity index is 1.88. The molecule has 7 heteroatoms. The lowest BCUT2D eigenvalue weighted by molar-refractivity contribution is 0.354. The molecule has 0 fully saturated rings. The molecule has 24 heavy (non-hydrogen) atoms. The van der Waals surface area contributed by atoms with E-state index < -0.39 is 6.04 Å².